The van der Waals surface area contributed by atoms with Crippen molar-refractivity contribution in [1.82, 2.24) is 15.1 Å². The zero-order valence-electron chi connectivity index (χ0n) is 21.6. The molecular formula is C27H37N3O6S. The molecule has 2 amide bonds. The molecule has 2 bridgehead atoms. The van der Waals surface area contributed by atoms with Crippen LogP contribution in [-0.2, 0) is 23.9 Å². The van der Waals surface area contributed by atoms with Gasteiger partial charge in [-0.1, -0.05) is 30.3 Å². The van der Waals surface area contributed by atoms with E-state index in [1.54, 1.807) is 23.6 Å². The van der Waals surface area contributed by atoms with Gasteiger partial charge in [-0.05, 0) is 32.3 Å². The molecule has 2 N–H and O–H groups in total. The largest absolute Gasteiger partial charge is 0.466 e. The molecule has 9 nitrogen and oxygen atoms in total. The van der Waals surface area contributed by atoms with Crippen LogP contribution in [-0.4, -0.2) is 101 Å². The fourth-order valence-electron chi connectivity index (χ4n) is 6.88. The summed E-state index contributed by atoms with van der Waals surface area (Å²) in [6, 6.07) is 7.85. The van der Waals surface area contributed by atoms with Crippen molar-refractivity contribution in [2.45, 2.75) is 48.3 Å². The number of aliphatic hydroxyl groups is 1. The van der Waals surface area contributed by atoms with Gasteiger partial charge in [0.05, 0.1) is 49.1 Å². The van der Waals surface area contributed by atoms with Gasteiger partial charge in [-0.25, -0.2) is 0 Å². The Bertz CT molecular complexity index is 1020. The molecule has 5 rings (SSSR count). The number of hydrogen-bond donors (Lipinski definition) is 2. The van der Waals surface area contributed by atoms with Crippen molar-refractivity contribution in [3.8, 4) is 0 Å². The third-order valence-electron chi connectivity index (χ3n) is 8.53. The molecule has 2 unspecified atom stereocenters. The van der Waals surface area contributed by atoms with Gasteiger partial charge < -0.3 is 24.8 Å². The molecule has 37 heavy (non-hydrogen) atoms. The van der Waals surface area contributed by atoms with Gasteiger partial charge in [0.1, 0.15) is 6.04 Å². The summed E-state index contributed by atoms with van der Waals surface area (Å²) in [6.07, 6.45) is 1.39. The van der Waals surface area contributed by atoms with Gasteiger partial charge in [0.25, 0.3) is 0 Å². The number of esters is 1. The smallest absolute Gasteiger partial charge is 0.311 e. The molecular weight excluding hydrogens is 494 g/mol. The molecule has 4 fully saturated rings. The van der Waals surface area contributed by atoms with Crippen molar-refractivity contribution in [3.05, 3.63) is 35.9 Å². The highest BCUT2D eigenvalue weighted by molar-refractivity contribution is 8.02. The first kappa shape index (κ1) is 26.5. The topological polar surface area (TPSA) is 108 Å². The van der Waals surface area contributed by atoms with Crippen molar-refractivity contribution < 1.29 is 29.0 Å². The summed E-state index contributed by atoms with van der Waals surface area (Å²) in [5, 5.41) is 13.6. The molecule has 1 aromatic carbocycles. The lowest BCUT2D eigenvalue weighted by atomic mass is 9.66. The van der Waals surface area contributed by atoms with Gasteiger partial charge >= 0.3 is 5.97 Å². The number of aliphatic hydroxyl groups excluding tert-OH is 1. The number of amides is 2. The Kier molecular flexibility index (Phi) is 7.55. The Hall–Kier alpha value is -2.14. The monoisotopic (exact) mass is 531 g/mol. The standard InChI is InChI=1S/C27H37N3O6S/c1-3-36-25(34)21-20-24(33)30(19(17-31)18-7-5-4-6-8-18)22(27(20)10-9-26(21,2)37-27)23(32)28-11-12-29-13-15-35-16-14-29/h4-8,19-22,31H,3,9-17H2,1-2H3,(H,28,32)/t19-,20+,21-,22?,26+,27?/m1/s1. The molecule has 0 aromatic heterocycles. The maximum absolute atomic E-state index is 14.2. The third kappa shape index (κ3) is 4.45. The van der Waals surface area contributed by atoms with Crippen LogP contribution in [0.1, 0.15) is 38.3 Å². The van der Waals surface area contributed by atoms with Crippen LogP contribution in [0, 0.1) is 11.8 Å². The Morgan fingerprint density at radius 2 is 1.97 bits per heavy atom. The van der Waals surface area contributed by atoms with Crippen molar-refractivity contribution in [1.29, 1.82) is 0 Å². The van der Waals surface area contributed by atoms with Gasteiger partial charge in [0.2, 0.25) is 11.8 Å². The summed E-state index contributed by atoms with van der Waals surface area (Å²) >= 11 is 1.61. The fraction of sp³-hybridized carbons (Fsp3) is 0.667. The van der Waals surface area contributed by atoms with E-state index in [0.717, 1.165) is 25.1 Å². The zero-order valence-corrected chi connectivity index (χ0v) is 22.4. The van der Waals surface area contributed by atoms with E-state index in [2.05, 4.69) is 10.2 Å². The Balaban J connectivity index is 1.48. The predicted molar refractivity (Wildman–Crippen MR) is 139 cm³/mol. The molecule has 4 heterocycles. The number of fused-ring (bicyclic) bond motifs is 1. The fourth-order valence-corrected chi connectivity index (χ4v) is 9.21. The molecule has 0 aliphatic carbocycles. The van der Waals surface area contributed by atoms with E-state index < -0.39 is 33.4 Å². The van der Waals surface area contributed by atoms with Gasteiger partial charge in [-0.2, -0.15) is 0 Å². The molecule has 4 aliphatic rings. The third-order valence-corrected chi connectivity index (χ3v) is 10.5. The normalized spacial score (nSPS) is 33.9. The van der Waals surface area contributed by atoms with Crippen LogP contribution in [0.15, 0.2) is 30.3 Å². The van der Waals surface area contributed by atoms with Crippen LogP contribution in [0.25, 0.3) is 0 Å². The quantitative estimate of drug-likeness (QED) is 0.458. The molecule has 6 atom stereocenters. The summed E-state index contributed by atoms with van der Waals surface area (Å²) in [5.74, 6) is -2.12. The number of rotatable bonds is 9. The summed E-state index contributed by atoms with van der Waals surface area (Å²) < 4.78 is 9.65. The molecule has 202 valence electrons. The number of carbonyl (C=O) groups is 3. The lowest BCUT2D eigenvalue weighted by Crippen LogP contribution is -2.55. The summed E-state index contributed by atoms with van der Waals surface area (Å²) in [7, 11) is 0. The average molecular weight is 532 g/mol. The number of ether oxygens (including phenoxy) is 2. The second kappa shape index (κ2) is 10.6. The minimum atomic E-state index is -0.793. The van der Waals surface area contributed by atoms with E-state index in [1.165, 1.54) is 0 Å². The first-order valence-electron chi connectivity index (χ1n) is 13.3. The van der Waals surface area contributed by atoms with Crippen LogP contribution in [0.5, 0.6) is 0 Å². The number of morpholine rings is 1. The van der Waals surface area contributed by atoms with Crippen molar-refractivity contribution >= 4 is 29.5 Å². The van der Waals surface area contributed by atoms with E-state index in [0.29, 0.717) is 32.7 Å². The maximum atomic E-state index is 14.2. The summed E-state index contributed by atoms with van der Waals surface area (Å²) in [5.41, 5.74) is 0.763. The number of thioether (sulfide) groups is 1. The zero-order chi connectivity index (χ0) is 26.2. The van der Waals surface area contributed by atoms with Crippen LogP contribution < -0.4 is 5.32 Å². The molecule has 10 heteroatoms. The van der Waals surface area contributed by atoms with Crippen LogP contribution in [0.2, 0.25) is 0 Å². The number of carbonyl (C=O) groups excluding carboxylic acids is 3. The van der Waals surface area contributed by atoms with Crippen LogP contribution in [0.4, 0.5) is 0 Å². The Labute approximate surface area is 222 Å². The highest BCUT2D eigenvalue weighted by Gasteiger charge is 2.78. The molecule has 0 radical (unpaired) electrons. The minimum Gasteiger partial charge on any atom is -0.466 e. The van der Waals surface area contributed by atoms with E-state index in [-0.39, 0.29) is 31.0 Å². The lowest BCUT2D eigenvalue weighted by molar-refractivity contribution is -0.155. The van der Waals surface area contributed by atoms with Crippen molar-refractivity contribution in [2.75, 3.05) is 52.6 Å². The number of hydrogen-bond acceptors (Lipinski definition) is 8. The minimum absolute atomic E-state index is 0.222. The van der Waals surface area contributed by atoms with E-state index >= 15 is 0 Å². The SMILES string of the molecule is CCOC(=O)[C@H]1[C@H]2C(=O)N([C@H](CO)c3ccccc3)C(C(=O)NCCN3CCOCC3)C23CC[C@]1(C)S3. The summed E-state index contributed by atoms with van der Waals surface area (Å²) in [6.45, 7) is 7.88. The van der Waals surface area contributed by atoms with Gasteiger partial charge in [0.15, 0.2) is 0 Å². The number of likely N-dealkylation sites (tertiary alicyclic amines) is 1. The summed E-state index contributed by atoms with van der Waals surface area (Å²) in [4.78, 5) is 45.2. The molecule has 0 saturated carbocycles. The number of benzene rings is 1. The Morgan fingerprint density at radius 1 is 1.24 bits per heavy atom. The highest BCUT2D eigenvalue weighted by Crippen LogP contribution is 2.72. The second-order valence-electron chi connectivity index (χ2n) is 10.6. The second-order valence-corrected chi connectivity index (χ2v) is 12.5. The molecule has 1 aromatic rings. The van der Waals surface area contributed by atoms with E-state index in [4.69, 9.17) is 9.47 Å². The predicted octanol–water partition coefficient (Wildman–Crippen LogP) is 1.21. The lowest BCUT2D eigenvalue weighted by Gasteiger charge is -2.37. The highest BCUT2D eigenvalue weighted by atomic mass is 32.2. The first-order valence-corrected chi connectivity index (χ1v) is 14.1. The van der Waals surface area contributed by atoms with Crippen molar-refractivity contribution in [3.63, 3.8) is 0 Å². The maximum Gasteiger partial charge on any atom is 0.311 e. The van der Waals surface area contributed by atoms with Gasteiger partial charge in [-0.15, -0.1) is 11.8 Å². The molecule has 1 spiro atoms. The first-order chi connectivity index (χ1) is 17.9. The average Bonchev–Trinajstić information content (AvgIpc) is 3.47. The van der Waals surface area contributed by atoms with Gasteiger partial charge in [0, 0.05) is 30.9 Å². The van der Waals surface area contributed by atoms with Crippen LogP contribution in [0.3, 0.4) is 0 Å². The van der Waals surface area contributed by atoms with E-state index in [1.807, 2.05) is 37.3 Å². The number of nitrogens with zero attached hydrogens (tertiary/aromatic N) is 2. The molecule has 4 saturated heterocycles. The van der Waals surface area contributed by atoms with E-state index in [9.17, 15) is 19.5 Å². The van der Waals surface area contributed by atoms with Crippen molar-refractivity contribution in [2.24, 2.45) is 11.8 Å². The Morgan fingerprint density at radius 3 is 2.65 bits per heavy atom. The molecule has 4 aliphatic heterocycles. The number of nitrogens with one attached hydrogen (secondary N) is 1. The van der Waals surface area contributed by atoms with Crippen LogP contribution >= 0.6 is 11.8 Å². The van der Waals surface area contributed by atoms with Gasteiger partial charge in [-0.3, -0.25) is 19.3 Å².